The molecule has 1 saturated heterocycles. The number of rotatable bonds is 8. The van der Waals surface area contributed by atoms with Gasteiger partial charge in [0.1, 0.15) is 0 Å². The maximum atomic E-state index is 11.8. The van der Waals surface area contributed by atoms with Crippen molar-refractivity contribution in [2.45, 2.75) is 51.7 Å². The molecular formula is C12H25NO2S. The summed E-state index contributed by atoms with van der Waals surface area (Å²) in [7, 11) is -0.701. The molecule has 3 atom stereocenters. The van der Waals surface area contributed by atoms with E-state index in [1.165, 1.54) is 0 Å². The Morgan fingerprint density at radius 1 is 1.56 bits per heavy atom. The fourth-order valence-electron chi connectivity index (χ4n) is 1.87. The van der Waals surface area contributed by atoms with E-state index < -0.39 is 10.8 Å². The lowest BCUT2D eigenvalue weighted by Crippen LogP contribution is -2.29. The molecule has 3 unspecified atom stereocenters. The molecule has 0 aromatic carbocycles. The number of nitrogens with one attached hydrogen (secondary N) is 1. The normalized spacial score (nSPS) is 24.5. The Hall–Kier alpha value is 0.0700. The van der Waals surface area contributed by atoms with Gasteiger partial charge >= 0.3 is 0 Å². The lowest BCUT2D eigenvalue weighted by atomic mass is 10.2. The second-order valence-corrected chi connectivity index (χ2v) is 6.21. The maximum Gasteiger partial charge on any atom is 0.0691 e. The van der Waals surface area contributed by atoms with Crippen LogP contribution in [0, 0.1) is 0 Å². The molecule has 3 nitrogen and oxygen atoms in total. The summed E-state index contributed by atoms with van der Waals surface area (Å²) in [5.74, 6) is 1.54. The van der Waals surface area contributed by atoms with E-state index in [0.717, 1.165) is 50.3 Å². The molecule has 1 N–H and O–H groups in total. The number of hydrogen-bond acceptors (Lipinski definition) is 3. The van der Waals surface area contributed by atoms with Crippen molar-refractivity contribution >= 4 is 10.8 Å². The maximum absolute atomic E-state index is 11.8. The highest BCUT2D eigenvalue weighted by atomic mass is 32.2. The largest absolute Gasteiger partial charge is 0.377 e. The molecule has 0 amide bonds. The van der Waals surface area contributed by atoms with E-state index >= 15 is 0 Å². The second kappa shape index (κ2) is 8.20. The van der Waals surface area contributed by atoms with E-state index in [2.05, 4.69) is 19.2 Å². The molecule has 1 aliphatic rings. The lowest BCUT2D eigenvalue weighted by molar-refractivity contribution is 0.128. The van der Waals surface area contributed by atoms with Crippen LogP contribution in [0.2, 0.25) is 0 Å². The first-order valence-corrected chi connectivity index (χ1v) is 7.91. The summed E-state index contributed by atoms with van der Waals surface area (Å²) in [4.78, 5) is 0. The minimum absolute atomic E-state index is 0.264. The molecule has 0 bridgehead atoms. The zero-order chi connectivity index (χ0) is 11.8. The van der Waals surface area contributed by atoms with Gasteiger partial charge in [-0.05, 0) is 39.2 Å². The zero-order valence-electron chi connectivity index (χ0n) is 10.5. The fraction of sp³-hybridized carbons (Fsp3) is 1.00. The summed E-state index contributed by atoms with van der Waals surface area (Å²) in [6.45, 7) is 6.24. The predicted octanol–water partition coefficient (Wildman–Crippen LogP) is 1.69. The Labute approximate surface area is 102 Å². The van der Waals surface area contributed by atoms with Crippen LogP contribution in [0.4, 0.5) is 0 Å². The van der Waals surface area contributed by atoms with Gasteiger partial charge in [0.05, 0.1) is 6.10 Å². The number of ether oxygens (including phenoxy) is 1. The Morgan fingerprint density at radius 3 is 3.00 bits per heavy atom. The van der Waals surface area contributed by atoms with Gasteiger partial charge in [0.2, 0.25) is 0 Å². The summed E-state index contributed by atoms with van der Waals surface area (Å²) in [6.07, 6.45) is 4.65. The molecule has 4 heteroatoms. The lowest BCUT2D eigenvalue weighted by Gasteiger charge is -2.13. The van der Waals surface area contributed by atoms with Crippen LogP contribution in [-0.2, 0) is 15.5 Å². The first kappa shape index (κ1) is 14.1. The molecule has 1 heterocycles. The molecule has 0 spiro atoms. The minimum Gasteiger partial charge on any atom is -0.377 e. The molecule has 0 saturated carbocycles. The third kappa shape index (κ3) is 5.97. The highest BCUT2D eigenvalue weighted by Gasteiger charge is 2.18. The van der Waals surface area contributed by atoms with Crippen LogP contribution in [0.1, 0.15) is 39.5 Å². The van der Waals surface area contributed by atoms with E-state index in [1.807, 2.05) is 0 Å². The van der Waals surface area contributed by atoms with Crippen LogP contribution in [0.3, 0.4) is 0 Å². The van der Waals surface area contributed by atoms with Crippen molar-refractivity contribution in [3.63, 3.8) is 0 Å². The summed E-state index contributed by atoms with van der Waals surface area (Å²) < 4.78 is 17.3. The van der Waals surface area contributed by atoms with E-state index in [-0.39, 0.29) is 6.10 Å². The molecular weight excluding hydrogens is 222 g/mol. The first-order valence-electron chi connectivity index (χ1n) is 6.42. The van der Waals surface area contributed by atoms with Crippen molar-refractivity contribution in [1.82, 2.24) is 5.32 Å². The van der Waals surface area contributed by atoms with Crippen LogP contribution in [0.15, 0.2) is 0 Å². The van der Waals surface area contributed by atoms with E-state index in [4.69, 9.17) is 4.74 Å². The van der Waals surface area contributed by atoms with Crippen molar-refractivity contribution in [3.05, 3.63) is 0 Å². The van der Waals surface area contributed by atoms with Crippen LogP contribution >= 0.6 is 0 Å². The fourth-order valence-corrected chi connectivity index (χ4v) is 3.33. The first-order chi connectivity index (χ1) is 7.72. The second-order valence-electron chi connectivity index (χ2n) is 4.59. The zero-order valence-corrected chi connectivity index (χ0v) is 11.4. The van der Waals surface area contributed by atoms with Crippen molar-refractivity contribution in [2.75, 3.05) is 24.7 Å². The molecule has 0 aromatic rings. The van der Waals surface area contributed by atoms with Crippen LogP contribution in [0.5, 0.6) is 0 Å². The summed E-state index contributed by atoms with van der Waals surface area (Å²) in [6, 6.07) is 0.480. The highest BCUT2D eigenvalue weighted by molar-refractivity contribution is 7.85. The standard InChI is InChI=1S/C12H25NO2S/c1-3-7-13-11(2)6-9-16(14)10-12-5-4-8-15-12/h11-13H,3-10H2,1-2H3. The van der Waals surface area contributed by atoms with Crippen LogP contribution < -0.4 is 5.32 Å². The van der Waals surface area contributed by atoms with Gasteiger partial charge in [-0.1, -0.05) is 6.92 Å². The third-order valence-electron chi connectivity index (χ3n) is 2.92. The molecule has 1 fully saturated rings. The van der Waals surface area contributed by atoms with Crippen molar-refractivity contribution in [3.8, 4) is 0 Å². The Bertz CT molecular complexity index is 205. The van der Waals surface area contributed by atoms with Gasteiger partial charge in [-0.25, -0.2) is 0 Å². The van der Waals surface area contributed by atoms with Gasteiger partial charge in [-0.2, -0.15) is 0 Å². The summed E-state index contributed by atoms with van der Waals surface area (Å²) in [5, 5.41) is 3.42. The summed E-state index contributed by atoms with van der Waals surface area (Å²) >= 11 is 0. The molecule has 0 aliphatic carbocycles. The molecule has 16 heavy (non-hydrogen) atoms. The SMILES string of the molecule is CCCNC(C)CCS(=O)CC1CCCO1. The molecule has 0 aromatic heterocycles. The molecule has 1 rings (SSSR count). The van der Waals surface area contributed by atoms with Crippen molar-refractivity contribution in [2.24, 2.45) is 0 Å². The Balaban J connectivity index is 2.04. The highest BCUT2D eigenvalue weighted by Crippen LogP contribution is 2.13. The molecule has 1 aliphatic heterocycles. The topological polar surface area (TPSA) is 38.3 Å². The minimum atomic E-state index is -0.701. The van der Waals surface area contributed by atoms with E-state index in [9.17, 15) is 4.21 Å². The van der Waals surface area contributed by atoms with Gasteiger partial charge < -0.3 is 10.1 Å². The van der Waals surface area contributed by atoms with Gasteiger partial charge in [0, 0.05) is 35.0 Å². The monoisotopic (exact) mass is 247 g/mol. The quantitative estimate of drug-likeness (QED) is 0.709. The van der Waals surface area contributed by atoms with Gasteiger partial charge in [-0.3, -0.25) is 4.21 Å². The van der Waals surface area contributed by atoms with Crippen molar-refractivity contribution in [1.29, 1.82) is 0 Å². The average Bonchev–Trinajstić information content (AvgIpc) is 2.76. The predicted molar refractivity (Wildman–Crippen MR) is 69.2 cm³/mol. The molecule has 96 valence electrons. The van der Waals surface area contributed by atoms with E-state index in [0.29, 0.717) is 6.04 Å². The van der Waals surface area contributed by atoms with Crippen molar-refractivity contribution < 1.29 is 8.95 Å². The Kier molecular flexibility index (Phi) is 7.25. The van der Waals surface area contributed by atoms with E-state index in [1.54, 1.807) is 0 Å². The van der Waals surface area contributed by atoms with Gasteiger partial charge in [0.25, 0.3) is 0 Å². The van der Waals surface area contributed by atoms with Gasteiger partial charge in [0.15, 0.2) is 0 Å². The Morgan fingerprint density at radius 2 is 2.38 bits per heavy atom. The van der Waals surface area contributed by atoms with Crippen LogP contribution in [0.25, 0.3) is 0 Å². The van der Waals surface area contributed by atoms with Crippen LogP contribution in [-0.4, -0.2) is 41.0 Å². The van der Waals surface area contributed by atoms with Gasteiger partial charge in [-0.15, -0.1) is 0 Å². The summed E-state index contributed by atoms with van der Waals surface area (Å²) in [5.41, 5.74) is 0. The molecule has 0 radical (unpaired) electrons. The number of hydrogen-bond donors (Lipinski definition) is 1. The third-order valence-corrected chi connectivity index (χ3v) is 4.35. The smallest absolute Gasteiger partial charge is 0.0691 e. The average molecular weight is 247 g/mol.